The van der Waals surface area contributed by atoms with E-state index in [0.717, 1.165) is 12.8 Å². The van der Waals surface area contributed by atoms with Crippen LogP contribution in [0.5, 0.6) is 0 Å². The summed E-state index contributed by atoms with van der Waals surface area (Å²) in [7, 11) is 1.54. The molecule has 0 atom stereocenters. The van der Waals surface area contributed by atoms with Gasteiger partial charge in [-0.25, -0.2) is 4.39 Å². The molecule has 4 rings (SSSR count). The maximum absolute atomic E-state index is 13.8. The third-order valence-corrected chi connectivity index (χ3v) is 7.45. The molecule has 0 N–H and O–H groups in total. The Morgan fingerprint density at radius 2 is 1.58 bits per heavy atom. The second kappa shape index (κ2) is 15.8. The predicted molar refractivity (Wildman–Crippen MR) is 165 cm³/mol. The molecule has 1 heterocycles. The smallest absolute Gasteiger partial charge is 0.254 e. The largest absolute Gasteiger partial charge is 0.464 e. The number of hydrogen-bond donors (Lipinski definition) is 0. The Balaban J connectivity index is 1.55. The molecule has 0 unspecified atom stereocenters. The number of unbranched alkanes of at least 4 members (excludes halogenated alkanes) is 3. The van der Waals surface area contributed by atoms with Crippen molar-refractivity contribution in [2.75, 3.05) is 26.8 Å². The zero-order chi connectivity index (χ0) is 30.6. The summed E-state index contributed by atoms with van der Waals surface area (Å²) in [6.07, 6.45) is 7.01. The quantitative estimate of drug-likeness (QED) is 0.151. The summed E-state index contributed by atoms with van der Waals surface area (Å²) in [5, 5.41) is 0.417. The van der Waals surface area contributed by atoms with Crippen molar-refractivity contribution in [3.8, 4) is 0 Å². The van der Waals surface area contributed by atoms with Crippen LogP contribution in [-0.2, 0) is 29.0 Å². The van der Waals surface area contributed by atoms with E-state index in [1.54, 1.807) is 48.5 Å². The van der Waals surface area contributed by atoms with Gasteiger partial charge in [-0.05, 0) is 60.4 Å². The number of fused-ring (bicyclic) bond motifs is 1. The Labute approximate surface area is 251 Å². The first kappa shape index (κ1) is 31.6. The average Bonchev–Trinajstić information content (AvgIpc) is 3.03. The molecule has 0 fully saturated rings. The maximum atomic E-state index is 13.8. The SMILES string of the molecule is CCCCCCc1ccc(C(=O)N(CCOC)CC(=O)N(Cc2ccc(F)cc2)Cc2coc3ccccc3c2=O)cc1. The van der Waals surface area contributed by atoms with Crippen molar-refractivity contribution in [3.05, 3.63) is 117 Å². The van der Waals surface area contributed by atoms with Crippen LogP contribution < -0.4 is 5.43 Å². The minimum absolute atomic E-state index is 0.0393. The highest BCUT2D eigenvalue weighted by atomic mass is 19.1. The highest BCUT2D eigenvalue weighted by Gasteiger charge is 2.24. The summed E-state index contributed by atoms with van der Waals surface area (Å²) in [4.78, 5) is 43.6. The van der Waals surface area contributed by atoms with Gasteiger partial charge < -0.3 is 19.0 Å². The summed E-state index contributed by atoms with van der Waals surface area (Å²) in [5.41, 5.74) is 2.87. The first-order valence-electron chi connectivity index (χ1n) is 14.8. The molecule has 0 radical (unpaired) electrons. The number of ether oxygens (including phenoxy) is 1. The van der Waals surface area contributed by atoms with E-state index in [9.17, 15) is 18.8 Å². The summed E-state index contributed by atoms with van der Waals surface area (Å²) in [6.45, 7) is 2.50. The third kappa shape index (κ3) is 8.85. The van der Waals surface area contributed by atoms with Gasteiger partial charge >= 0.3 is 0 Å². The molecule has 0 aliphatic rings. The molecule has 1 aromatic heterocycles. The fraction of sp³-hybridized carbons (Fsp3) is 0.343. The second-order valence-corrected chi connectivity index (χ2v) is 10.7. The Bertz CT molecular complexity index is 1550. The van der Waals surface area contributed by atoms with Crippen LogP contribution in [0.4, 0.5) is 4.39 Å². The van der Waals surface area contributed by atoms with E-state index in [1.165, 1.54) is 60.1 Å². The molecule has 226 valence electrons. The van der Waals surface area contributed by atoms with Gasteiger partial charge in [0.15, 0.2) is 5.43 Å². The summed E-state index contributed by atoms with van der Waals surface area (Å²) in [5.74, 6) is -1.04. The highest BCUT2D eigenvalue weighted by molar-refractivity contribution is 5.96. The number of benzene rings is 3. The maximum Gasteiger partial charge on any atom is 0.254 e. The number of aryl methyl sites for hydroxylation is 1. The van der Waals surface area contributed by atoms with Crippen LogP contribution in [0.15, 0.2) is 88.3 Å². The Hall–Kier alpha value is -4.30. The lowest BCUT2D eigenvalue weighted by atomic mass is 10.0. The molecule has 0 bridgehead atoms. The molecule has 7 nitrogen and oxygen atoms in total. The average molecular weight is 587 g/mol. The normalized spacial score (nSPS) is 11.0. The van der Waals surface area contributed by atoms with Gasteiger partial charge in [0.2, 0.25) is 5.91 Å². The van der Waals surface area contributed by atoms with Crippen molar-refractivity contribution in [2.45, 2.75) is 52.1 Å². The monoisotopic (exact) mass is 586 g/mol. The van der Waals surface area contributed by atoms with Crippen LogP contribution >= 0.6 is 0 Å². The van der Waals surface area contributed by atoms with Gasteiger partial charge in [0.05, 0.1) is 30.4 Å². The van der Waals surface area contributed by atoms with Crippen LogP contribution in [0.2, 0.25) is 0 Å². The van der Waals surface area contributed by atoms with Crippen molar-refractivity contribution < 1.29 is 23.1 Å². The molecule has 0 saturated carbocycles. The topological polar surface area (TPSA) is 80.1 Å². The number of rotatable bonds is 15. The molecule has 3 aromatic carbocycles. The summed E-state index contributed by atoms with van der Waals surface area (Å²) >= 11 is 0. The van der Waals surface area contributed by atoms with E-state index in [4.69, 9.17) is 9.15 Å². The molecular formula is C35H39FN2O5. The molecule has 43 heavy (non-hydrogen) atoms. The molecule has 2 amide bonds. The number of hydrogen-bond acceptors (Lipinski definition) is 5. The van der Waals surface area contributed by atoms with E-state index >= 15 is 0 Å². The molecule has 0 spiro atoms. The van der Waals surface area contributed by atoms with Gasteiger partial charge in [0.25, 0.3) is 5.91 Å². The summed E-state index contributed by atoms with van der Waals surface area (Å²) < 4.78 is 24.5. The number of para-hydroxylation sites is 1. The van der Waals surface area contributed by atoms with E-state index in [2.05, 4.69) is 6.92 Å². The molecule has 0 aliphatic carbocycles. The van der Waals surface area contributed by atoms with Gasteiger partial charge in [0.1, 0.15) is 17.9 Å². The number of nitrogens with zero attached hydrogens (tertiary/aromatic N) is 2. The van der Waals surface area contributed by atoms with Gasteiger partial charge in [-0.2, -0.15) is 0 Å². The third-order valence-electron chi connectivity index (χ3n) is 7.45. The van der Waals surface area contributed by atoms with Gasteiger partial charge in [-0.15, -0.1) is 0 Å². The summed E-state index contributed by atoms with van der Waals surface area (Å²) in [6, 6.07) is 20.3. The number of methoxy groups -OCH3 is 1. The van der Waals surface area contributed by atoms with Gasteiger partial charge in [0, 0.05) is 25.8 Å². The van der Waals surface area contributed by atoms with Gasteiger partial charge in [-0.3, -0.25) is 14.4 Å². The standard InChI is InChI=1S/C35H39FN2O5/c1-3-4-5-6-9-26-12-16-28(17-13-26)35(41)37(20-21-42-2)24-33(39)38(22-27-14-18-30(36)19-15-27)23-29-25-43-32-11-8-7-10-31(32)34(29)40/h7-8,10-19,25H,3-6,9,20-24H2,1-2H3. The van der Waals surface area contributed by atoms with E-state index in [-0.39, 0.29) is 55.8 Å². The molecule has 0 aliphatic heterocycles. The molecule has 4 aromatic rings. The number of carbonyl (C=O) groups excluding carboxylic acids is 2. The fourth-order valence-corrected chi connectivity index (χ4v) is 4.94. The molecule has 0 saturated heterocycles. The lowest BCUT2D eigenvalue weighted by Crippen LogP contribution is -2.44. The van der Waals surface area contributed by atoms with Crippen molar-refractivity contribution >= 4 is 22.8 Å². The zero-order valence-corrected chi connectivity index (χ0v) is 24.9. The minimum atomic E-state index is -0.389. The van der Waals surface area contributed by atoms with Crippen molar-refractivity contribution in [1.82, 2.24) is 9.80 Å². The van der Waals surface area contributed by atoms with Crippen LogP contribution in [0.3, 0.4) is 0 Å². The van der Waals surface area contributed by atoms with E-state index < -0.39 is 0 Å². The first-order chi connectivity index (χ1) is 20.9. The minimum Gasteiger partial charge on any atom is -0.464 e. The van der Waals surface area contributed by atoms with Crippen LogP contribution in [0.1, 0.15) is 59.7 Å². The predicted octanol–water partition coefficient (Wildman–Crippen LogP) is 6.37. The van der Waals surface area contributed by atoms with Crippen LogP contribution in [0.25, 0.3) is 11.0 Å². The van der Waals surface area contributed by atoms with E-state index in [0.29, 0.717) is 27.7 Å². The Morgan fingerprint density at radius 1 is 0.860 bits per heavy atom. The van der Waals surface area contributed by atoms with Crippen LogP contribution in [0, 0.1) is 5.82 Å². The zero-order valence-electron chi connectivity index (χ0n) is 24.9. The Kier molecular flexibility index (Phi) is 11.6. The number of halogens is 1. The molecule has 8 heteroatoms. The Morgan fingerprint density at radius 3 is 2.30 bits per heavy atom. The van der Waals surface area contributed by atoms with Crippen molar-refractivity contribution in [2.24, 2.45) is 0 Å². The highest BCUT2D eigenvalue weighted by Crippen LogP contribution is 2.16. The first-order valence-corrected chi connectivity index (χ1v) is 14.8. The van der Waals surface area contributed by atoms with Crippen molar-refractivity contribution in [3.63, 3.8) is 0 Å². The van der Waals surface area contributed by atoms with Crippen LogP contribution in [-0.4, -0.2) is 48.4 Å². The van der Waals surface area contributed by atoms with Gasteiger partial charge in [-0.1, -0.05) is 62.6 Å². The number of amides is 2. The molecular weight excluding hydrogens is 547 g/mol. The lowest BCUT2D eigenvalue weighted by Gasteiger charge is -2.28. The number of carbonyl (C=O) groups is 2. The fourth-order valence-electron chi connectivity index (χ4n) is 4.94. The lowest BCUT2D eigenvalue weighted by molar-refractivity contribution is -0.133. The second-order valence-electron chi connectivity index (χ2n) is 10.7. The van der Waals surface area contributed by atoms with Crippen molar-refractivity contribution in [1.29, 1.82) is 0 Å². The van der Waals surface area contributed by atoms with E-state index in [1.807, 2.05) is 12.1 Å².